The second kappa shape index (κ2) is 5.67. The molecule has 0 spiro atoms. The van der Waals surface area contributed by atoms with E-state index in [-0.39, 0.29) is 12.1 Å². The van der Waals surface area contributed by atoms with Crippen molar-refractivity contribution in [2.75, 3.05) is 0 Å². The van der Waals surface area contributed by atoms with E-state index >= 15 is 0 Å². The Bertz CT molecular complexity index is 521. The number of benzene rings is 1. The highest BCUT2D eigenvalue weighted by Gasteiger charge is 2.15. The van der Waals surface area contributed by atoms with Gasteiger partial charge in [0.2, 0.25) is 0 Å². The van der Waals surface area contributed by atoms with Gasteiger partial charge in [0, 0.05) is 30.0 Å². The van der Waals surface area contributed by atoms with Crippen LogP contribution in [-0.4, -0.2) is 9.55 Å². The summed E-state index contributed by atoms with van der Waals surface area (Å²) >= 11 is 3.59. The zero-order valence-corrected chi connectivity index (χ0v) is 12.5. The quantitative estimate of drug-likeness (QED) is 0.935. The second-order valence-electron chi connectivity index (χ2n) is 4.53. The molecule has 0 fully saturated rings. The number of aromatic nitrogens is 2. The number of rotatable bonds is 4. The minimum Gasteiger partial charge on any atom is -0.337 e. The molecule has 0 aliphatic carbocycles. The lowest BCUT2D eigenvalue weighted by molar-refractivity contribution is 0.466. The number of hydrogen-bond donors (Lipinski definition) is 1. The summed E-state index contributed by atoms with van der Waals surface area (Å²) in [4.78, 5) is 4.37. The van der Waals surface area contributed by atoms with Crippen molar-refractivity contribution in [1.29, 1.82) is 0 Å². The largest absolute Gasteiger partial charge is 0.337 e. The topological polar surface area (TPSA) is 29.9 Å². The van der Waals surface area contributed by atoms with Gasteiger partial charge < -0.3 is 9.88 Å². The first kappa shape index (κ1) is 13.3. The summed E-state index contributed by atoms with van der Waals surface area (Å²) in [6.07, 6.45) is 3.80. The van der Waals surface area contributed by atoms with Gasteiger partial charge in [-0.1, -0.05) is 34.1 Å². The van der Waals surface area contributed by atoms with Crippen LogP contribution in [0.5, 0.6) is 0 Å². The van der Waals surface area contributed by atoms with Crippen molar-refractivity contribution in [3.05, 3.63) is 52.5 Å². The van der Waals surface area contributed by atoms with E-state index in [1.807, 2.05) is 30.1 Å². The first-order valence-electron chi connectivity index (χ1n) is 6.07. The van der Waals surface area contributed by atoms with Crippen LogP contribution in [0.15, 0.2) is 41.1 Å². The Morgan fingerprint density at radius 1 is 1.22 bits per heavy atom. The van der Waals surface area contributed by atoms with Crippen LogP contribution in [0.4, 0.5) is 0 Å². The summed E-state index contributed by atoms with van der Waals surface area (Å²) in [5, 5.41) is 3.57. The fourth-order valence-corrected chi connectivity index (χ4v) is 2.79. The van der Waals surface area contributed by atoms with Gasteiger partial charge in [-0.3, -0.25) is 0 Å². The van der Waals surface area contributed by atoms with Crippen LogP contribution in [0.3, 0.4) is 0 Å². The molecule has 4 heteroatoms. The van der Waals surface area contributed by atoms with E-state index in [0.717, 1.165) is 10.3 Å². The van der Waals surface area contributed by atoms with Crippen molar-refractivity contribution in [2.24, 2.45) is 7.05 Å². The molecule has 18 heavy (non-hydrogen) atoms. The molecule has 0 bridgehead atoms. The molecule has 1 aromatic heterocycles. The molecule has 1 aromatic carbocycles. The first-order valence-corrected chi connectivity index (χ1v) is 6.86. The maximum atomic E-state index is 4.37. The Morgan fingerprint density at radius 2 is 1.94 bits per heavy atom. The minimum absolute atomic E-state index is 0.215. The average Bonchev–Trinajstić information content (AvgIpc) is 2.76. The molecule has 2 atom stereocenters. The molecule has 3 nitrogen and oxygen atoms in total. The zero-order valence-electron chi connectivity index (χ0n) is 10.9. The van der Waals surface area contributed by atoms with Crippen molar-refractivity contribution in [2.45, 2.75) is 25.9 Å². The van der Waals surface area contributed by atoms with E-state index < -0.39 is 0 Å². The number of imidazole rings is 1. The van der Waals surface area contributed by atoms with Gasteiger partial charge in [0.1, 0.15) is 5.82 Å². The van der Waals surface area contributed by atoms with Crippen LogP contribution in [0.1, 0.15) is 37.3 Å². The number of halogens is 1. The Morgan fingerprint density at radius 3 is 2.56 bits per heavy atom. The van der Waals surface area contributed by atoms with E-state index in [1.165, 1.54) is 5.56 Å². The van der Waals surface area contributed by atoms with Gasteiger partial charge in [-0.05, 0) is 25.5 Å². The van der Waals surface area contributed by atoms with Gasteiger partial charge in [0.25, 0.3) is 0 Å². The van der Waals surface area contributed by atoms with Gasteiger partial charge >= 0.3 is 0 Å². The lowest BCUT2D eigenvalue weighted by Gasteiger charge is -2.21. The normalized spacial score (nSPS) is 14.4. The molecule has 2 rings (SSSR count). The van der Waals surface area contributed by atoms with E-state index in [2.05, 4.69) is 58.3 Å². The predicted molar refractivity (Wildman–Crippen MR) is 77.3 cm³/mol. The Hall–Kier alpha value is -1.13. The molecule has 1 heterocycles. The summed E-state index contributed by atoms with van der Waals surface area (Å²) in [5.74, 6) is 1.05. The number of nitrogens with zero attached hydrogens (tertiary/aromatic N) is 2. The van der Waals surface area contributed by atoms with Crippen molar-refractivity contribution in [3.63, 3.8) is 0 Å². The average molecular weight is 308 g/mol. The minimum atomic E-state index is 0.215. The van der Waals surface area contributed by atoms with E-state index in [0.29, 0.717) is 0 Å². The molecule has 1 N–H and O–H groups in total. The van der Waals surface area contributed by atoms with Gasteiger partial charge in [-0.25, -0.2) is 4.98 Å². The molecule has 96 valence electrons. The highest BCUT2D eigenvalue weighted by atomic mass is 79.9. The Balaban J connectivity index is 2.11. The Labute approximate surface area is 116 Å². The lowest BCUT2D eigenvalue weighted by atomic mass is 10.1. The fraction of sp³-hybridized carbons (Fsp3) is 0.357. The van der Waals surface area contributed by atoms with Gasteiger partial charge in [0.05, 0.1) is 6.04 Å². The smallest absolute Gasteiger partial charge is 0.125 e. The second-order valence-corrected chi connectivity index (χ2v) is 5.38. The molecule has 1 unspecified atom stereocenters. The first-order chi connectivity index (χ1) is 8.59. The summed E-state index contributed by atoms with van der Waals surface area (Å²) < 4.78 is 3.18. The third kappa shape index (κ3) is 2.82. The lowest BCUT2D eigenvalue weighted by Crippen LogP contribution is -2.24. The molecule has 0 aliphatic rings. The molecule has 0 radical (unpaired) electrons. The number of hydrogen-bond acceptors (Lipinski definition) is 2. The third-order valence-corrected chi connectivity index (χ3v) is 3.84. The summed E-state index contributed by atoms with van der Waals surface area (Å²) in [7, 11) is 2.02. The SMILES string of the molecule is CC(N[C@@H](C)c1ccccc1Br)c1nccn1C. The fourth-order valence-electron chi connectivity index (χ4n) is 2.16. The van der Waals surface area contributed by atoms with Crippen molar-refractivity contribution in [1.82, 2.24) is 14.9 Å². The highest BCUT2D eigenvalue weighted by Crippen LogP contribution is 2.24. The molecule has 2 aromatic rings. The van der Waals surface area contributed by atoms with Gasteiger partial charge in [-0.2, -0.15) is 0 Å². The van der Waals surface area contributed by atoms with Crippen molar-refractivity contribution >= 4 is 15.9 Å². The van der Waals surface area contributed by atoms with Crippen LogP contribution in [0.2, 0.25) is 0 Å². The number of nitrogens with one attached hydrogen (secondary N) is 1. The van der Waals surface area contributed by atoms with E-state index in [9.17, 15) is 0 Å². The van der Waals surface area contributed by atoms with Crippen LogP contribution in [0, 0.1) is 0 Å². The molecular formula is C14H18BrN3. The molecule has 0 saturated heterocycles. The predicted octanol–water partition coefficient (Wildman–Crippen LogP) is 3.59. The van der Waals surface area contributed by atoms with Crippen molar-refractivity contribution in [3.8, 4) is 0 Å². The van der Waals surface area contributed by atoms with Crippen LogP contribution < -0.4 is 5.32 Å². The Kier molecular flexibility index (Phi) is 4.19. The summed E-state index contributed by atoms with van der Waals surface area (Å²) in [6, 6.07) is 8.78. The monoisotopic (exact) mass is 307 g/mol. The van der Waals surface area contributed by atoms with E-state index in [1.54, 1.807) is 0 Å². The van der Waals surface area contributed by atoms with Crippen LogP contribution in [-0.2, 0) is 7.05 Å². The molecule has 0 saturated carbocycles. The standard InChI is InChI=1S/C14H18BrN3/c1-10(12-6-4-5-7-13(12)15)17-11(2)14-16-8-9-18(14)3/h4-11,17H,1-3H3/t10-,11?/m0/s1. The molecule has 0 aliphatic heterocycles. The molecular weight excluding hydrogens is 290 g/mol. The molecule has 0 amide bonds. The number of aryl methyl sites for hydroxylation is 1. The zero-order chi connectivity index (χ0) is 13.1. The highest BCUT2D eigenvalue weighted by molar-refractivity contribution is 9.10. The van der Waals surface area contributed by atoms with Crippen LogP contribution >= 0.6 is 15.9 Å². The van der Waals surface area contributed by atoms with Crippen LogP contribution in [0.25, 0.3) is 0 Å². The maximum absolute atomic E-state index is 4.37. The van der Waals surface area contributed by atoms with Gasteiger partial charge in [-0.15, -0.1) is 0 Å². The van der Waals surface area contributed by atoms with Crippen molar-refractivity contribution < 1.29 is 0 Å². The maximum Gasteiger partial charge on any atom is 0.125 e. The van der Waals surface area contributed by atoms with Gasteiger partial charge in [0.15, 0.2) is 0 Å². The summed E-state index contributed by atoms with van der Waals surface area (Å²) in [6.45, 7) is 4.30. The van der Waals surface area contributed by atoms with E-state index in [4.69, 9.17) is 0 Å². The summed E-state index contributed by atoms with van der Waals surface area (Å²) in [5.41, 5.74) is 1.26. The third-order valence-electron chi connectivity index (χ3n) is 3.12.